The number of oxazole rings is 1. The number of hydrogen-bond donors (Lipinski definition) is 2. The number of carboxylic acid groups (broad SMARTS) is 1. The van der Waals surface area contributed by atoms with Crippen molar-refractivity contribution in [2.24, 2.45) is 0 Å². The summed E-state index contributed by atoms with van der Waals surface area (Å²) in [4.78, 5) is 20.0. The summed E-state index contributed by atoms with van der Waals surface area (Å²) in [5, 5.41) is 22.4. The summed E-state index contributed by atoms with van der Waals surface area (Å²) < 4.78 is 6.27. The average molecular weight is 515 g/mol. The van der Waals surface area contributed by atoms with Gasteiger partial charge in [0.1, 0.15) is 17.1 Å². The van der Waals surface area contributed by atoms with Gasteiger partial charge in [-0.2, -0.15) is 5.26 Å². The minimum atomic E-state index is -0.837. The first-order valence-corrected chi connectivity index (χ1v) is 13.0. The van der Waals surface area contributed by atoms with E-state index in [4.69, 9.17) is 14.5 Å². The second kappa shape index (κ2) is 10.2. The standard InChI is InChI=1S/C32H26N4O3/c1-19-23(21-6-2-5-20(15-21)22-7-4-13-34-18-22)8-3-9-24(19)32-36-29-16-26-25(27(17-33)31(29)39-32)10-11-28(26)35-14-12-30(37)38/h2-9,13,15-16,18,28,35H,10-12,14H2,1H3,(H,37,38)/t28-/m1/s1. The van der Waals surface area contributed by atoms with E-state index in [9.17, 15) is 10.1 Å². The van der Waals surface area contributed by atoms with Crippen LogP contribution in [0, 0.1) is 18.3 Å². The predicted octanol–water partition coefficient (Wildman–Crippen LogP) is 6.46. The molecule has 0 saturated heterocycles. The Bertz CT molecular complexity index is 1750. The number of pyridine rings is 1. The molecule has 0 unspecified atom stereocenters. The summed E-state index contributed by atoms with van der Waals surface area (Å²) in [7, 11) is 0. The molecule has 0 radical (unpaired) electrons. The van der Waals surface area contributed by atoms with Crippen LogP contribution in [0.3, 0.4) is 0 Å². The van der Waals surface area contributed by atoms with Gasteiger partial charge in [0.15, 0.2) is 5.58 Å². The van der Waals surface area contributed by atoms with E-state index < -0.39 is 5.97 Å². The Balaban J connectivity index is 1.38. The lowest BCUT2D eigenvalue weighted by molar-refractivity contribution is -0.136. The Labute approximate surface area is 225 Å². The van der Waals surface area contributed by atoms with Crippen LogP contribution in [0.25, 0.3) is 44.8 Å². The van der Waals surface area contributed by atoms with Crippen molar-refractivity contribution in [3.63, 3.8) is 0 Å². The van der Waals surface area contributed by atoms with Gasteiger partial charge in [-0.25, -0.2) is 4.98 Å². The minimum absolute atomic E-state index is 0.00634. The van der Waals surface area contributed by atoms with Crippen LogP contribution in [0.4, 0.5) is 0 Å². The van der Waals surface area contributed by atoms with Gasteiger partial charge in [-0.15, -0.1) is 0 Å². The summed E-state index contributed by atoms with van der Waals surface area (Å²) in [5.74, 6) is -0.361. The van der Waals surface area contributed by atoms with Crippen molar-refractivity contribution < 1.29 is 14.3 Å². The molecule has 0 aliphatic heterocycles. The molecule has 1 aliphatic rings. The molecule has 0 spiro atoms. The first-order chi connectivity index (χ1) is 19.0. The van der Waals surface area contributed by atoms with Gasteiger partial charge >= 0.3 is 5.97 Å². The third-order valence-corrected chi connectivity index (χ3v) is 7.46. The van der Waals surface area contributed by atoms with Crippen LogP contribution in [0.1, 0.15) is 41.1 Å². The normalized spacial score (nSPS) is 14.3. The molecule has 5 aromatic rings. The molecule has 7 nitrogen and oxygen atoms in total. The van der Waals surface area contributed by atoms with Crippen molar-refractivity contribution in [2.45, 2.75) is 32.2 Å². The van der Waals surface area contributed by atoms with Crippen molar-refractivity contribution in [3.05, 3.63) is 95.3 Å². The highest BCUT2D eigenvalue weighted by atomic mass is 16.4. The molecular formula is C32H26N4O3. The molecule has 1 atom stereocenters. The van der Waals surface area contributed by atoms with Crippen molar-refractivity contribution in [2.75, 3.05) is 6.54 Å². The van der Waals surface area contributed by atoms with E-state index in [-0.39, 0.29) is 12.5 Å². The molecule has 2 heterocycles. The zero-order valence-corrected chi connectivity index (χ0v) is 21.4. The average Bonchev–Trinajstić information content (AvgIpc) is 3.56. The molecule has 7 heteroatoms. The highest BCUT2D eigenvalue weighted by Gasteiger charge is 2.29. The number of carboxylic acids is 1. The maximum Gasteiger partial charge on any atom is 0.304 e. The lowest BCUT2D eigenvalue weighted by Gasteiger charge is -2.13. The molecule has 0 bridgehead atoms. The Morgan fingerprint density at radius 3 is 2.69 bits per heavy atom. The molecule has 2 aromatic heterocycles. The van der Waals surface area contributed by atoms with Gasteiger partial charge in [-0.1, -0.05) is 36.4 Å². The van der Waals surface area contributed by atoms with Crippen molar-refractivity contribution >= 4 is 17.1 Å². The molecule has 192 valence electrons. The van der Waals surface area contributed by atoms with Gasteiger partial charge in [-0.3, -0.25) is 9.78 Å². The van der Waals surface area contributed by atoms with Crippen LogP contribution in [0.2, 0.25) is 0 Å². The molecule has 0 fully saturated rings. The molecule has 0 amide bonds. The van der Waals surface area contributed by atoms with Crippen LogP contribution in [-0.4, -0.2) is 27.6 Å². The minimum Gasteiger partial charge on any atom is -0.481 e. The number of aliphatic carboxylic acids is 1. The fourth-order valence-electron chi connectivity index (χ4n) is 5.53. The molecule has 0 saturated carbocycles. The zero-order valence-electron chi connectivity index (χ0n) is 21.4. The molecule has 1 aliphatic carbocycles. The second-order valence-electron chi connectivity index (χ2n) is 9.79. The number of aromatic nitrogens is 2. The summed E-state index contributed by atoms with van der Waals surface area (Å²) in [6.07, 6.45) is 5.22. The quantitative estimate of drug-likeness (QED) is 0.256. The summed E-state index contributed by atoms with van der Waals surface area (Å²) >= 11 is 0. The number of nitrogens with zero attached hydrogens (tertiary/aromatic N) is 3. The fraction of sp³-hybridized carbons (Fsp3) is 0.188. The molecule has 3 aromatic carbocycles. The van der Waals surface area contributed by atoms with Gasteiger partial charge in [0, 0.05) is 36.1 Å². The maximum absolute atomic E-state index is 10.9. The summed E-state index contributed by atoms with van der Waals surface area (Å²) in [5.41, 5.74) is 9.82. The van der Waals surface area contributed by atoms with Crippen LogP contribution < -0.4 is 5.32 Å². The van der Waals surface area contributed by atoms with Gasteiger partial charge in [0.25, 0.3) is 0 Å². The van der Waals surface area contributed by atoms with Gasteiger partial charge in [0.2, 0.25) is 5.89 Å². The predicted molar refractivity (Wildman–Crippen MR) is 149 cm³/mol. The molecule has 6 rings (SSSR count). The van der Waals surface area contributed by atoms with Crippen LogP contribution in [-0.2, 0) is 11.2 Å². The SMILES string of the molecule is Cc1c(-c2cccc(-c3cccnc3)c2)cccc1-c1nc2cc3c(c(C#N)c2o1)CC[C@H]3NCCC(=O)O. The van der Waals surface area contributed by atoms with Crippen molar-refractivity contribution in [1.82, 2.24) is 15.3 Å². The number of nitrogens with one attached hydrogen (secondary N) is 1. The van der Waals surface area contributed by atoms with Crippen LogP contribution >= 0.6 is 0 Å². The largest absolute Gasteiger partial charge is 0.481 e. The fourth-order valence-corrected chi connectivity index (χ4v) is 5.53. The van der Waals surface area contributed by atoms with Gasteiger partial charge in [0.05, 0.1) is 6.42 Å². The highest BCUT2D eigenvalue weighted by Crippen LogP contribution is 2.40. The molecule has 2 N–H and O–H groups in total. The number of benzene rings is 3. The number of rotatable bonds is 7. The Kier molecular flexibility index (Phi) is 6.39. The number of nitriles is 1. The van der Waals surface area contributed by atoms with Crippen molar-refractivity contribution in [1.29, 1.82) is 5.26 Å². The topological polar surface area (TPSA) is 112 Å². The van der Waals surface area contributed by atoms with E-state index in [1.165, 1.54) is 0 Å². The summed E-state index contributed by atoms with van der Waals surface area (Å²) in [6.45, 7) is 2.43. The van der Waals surface area contributed by atoms with Crippen LogP contribution in [0.15, 0.2) is 77.5 Å². The Morgan fingerprint density at radius 2 is 1.90 bits per heavy atom. The summed E-state index contributed by atoms with van der Waals surface area (Å²) in [6, 6.07) is 22.7. The monoisotopic (exact) mass is 514 g/mol. The lowest BCUT2D eigenvalue weighted by Crippen LogP contribution is -2.22. The number of hydrogen-bond acceptors (Lipinski definition) is 6. The van der Waals surface area contributed by atoms with E-state index >= 15 is 0 Å². The lowest BCUT2D eigenvalue weighted by atomic mass is 9.94. The maximum atomic E-state index is 10.9. The number of carbonyl (C=O) groups is 1. The van der Waals surface area contributed by atoms with E-state index in [1.54, 1.807) is 6.20 Å². The van der Waals surface area contributed by atoms with E-state index in [2.05, 4.69) is 47.6 Å². The zero-order chi connectivity index (χ0) is 26.9. The van der Waals surface area contributed by atoms with Crippen molar-refractivity contribution in [3.8, 4) is 39.8 Å². The smallest absolute Gasteiger partial charge is 0.304 e. The molecule has 39 heavy (non-hydrogen) atoms. The van der Waals surface area contributed by atoms with E-state index in [0.29, 0.717) is 29.1 Å². The van der Waals surface area contributed by atoms with Gasteiger partial charge in [-0.05, 0) is 77.4 Å². The Morgan fingerprint density at radius 1 is 1.10 bits per heavy atom. The van der Waals surface area contributed by atoms with Gasteiger partial charge < -0.3 is 14.8 Å². The van der Waals surface area contributed by atoms with E-state index in [0.717, 1.165) is 57.3 Å². The molecular weight excluding hydrogens is 488 g/mol. The Hall–Kier alpha value is -4.80. The third-order valence-electron chi connectivity index (χ3n) is 7.46. The number of fused-ring (bicyclic) bond motifs is 2. The first-order valence-electron chi connectivity index (χ1n) is 13.0. The van der Waals surface area contributed by atoms with E-state index in [1.807, 2.05) is 42.6 Å². The first kappa shape index (κ1) is 24.5. The van der Waals surface area contributed by atoms with Crippen LogP contribution in [0.5, 0.6) is 0 Å². The third kappa shape index (κ3) is 4.56. The highest BCUT2D eigenvalue weighted by molar-refractivity contribution is 5.86. The second-order valence-corrected chi connectivity index (χ2v) is 9.79.